The SMILES string of the molecule is CCS(=O)(=O)NC1CC(C)(C)Oc2c1cc([N+](=O)[O-])cc2[N+](=O)[O-]. The minimum Gasteiger partial charge on any atom is -0.480 e. The highest BCUT2D eigenvalue weighted by molar-refractivity contribution is 7.89. The Labute approximate surface area is 138 Å². The molecule has 10 nitrogen and oxygen atoms in total. The van der Waals surface area contributed by atoms with Crippen LogP contribution in [0.3, 0.4) is 0 Å². The molecule has 2 rings (SSSR count). The monoisotopic (exact) mass is 359 g/mol. The predicted octanol–water partition coefficient (Wildman–Crippen LogP) is 2.04. The lowest BCUT2D eigenvalue weighted by molar-refractivity contribution is -0.395. The first kappa shape index (κ1) is 18.1. The zero-order valence-corrected chi connectivity index (χ0v) is 14.1. The van der Waals surface area contributed by atoms with Gasteiger partial charge in [0, 0.05) is 18.1 Å². The summed E-state index contributed by atoms with van der Waals surface area (Å²) >= 11 is 0. The summed E-state index contributed by atoms with van der Waals surface area (Å²) in [5.41, 5.74) is -1.85. The van der Waals surface area contributed by atoms with E-state index in [9.17, 15) is 28.6 Å². The van der Waals surface area contributed by atoms with E-state index in [1.54, 1.807) is 13.8 Å². The minimum atomic E-state index is -3.62. The summed E-state index contributed by atoms with van der Waals surface area (Å²) in [4.78, 5) is 20.8. The molecule has 1 aliphatic rings. The van der Waals surface area contributed by atoms with Crippen LogP contribution in [-0.4, -0.2) is 29.6 Å². The predicted molar refractivity (Wildman–Crippen MR) is 84.4 cm³/mol. The highest BCUT2D eigenvalue weighted by Crippen LogP contribution is 2.46. The van der Waals surface area contributed by atoms with E-state index in [-0.39, 0.29) is 23.5 Å². The maximum atomic E-state index is 11.9. The maximum absolute atomic E-state index is 11.9. The van der Waals surface area contributed by atoms with Gasteiger partial charge in [-0.25, -0.2) is 13.1 Å². The van der Waals surface area contributed by atoms with Gasteiger partial charge in [0.2, 0.25) is 15.8 Å². The van der Waals surface area contributed by atoms with Gasteiger partial charge in [-0.3, -0.25) is 20.2 Å². The number of nitrogens with one attached hydrogen (secondary N) is 1. The van der Waals surface area contributed by atoms with Gasteiger partial charge in [-0.05, 0) is 20.8 Å². The lowest BCUT2D eigenvalue weighted by atomic mass is 9.89. The first-order valence-corrected chi connectivity index (χ1v) is 8.77. The van der Waals surface area contributed by atoms with E-state index in [2.05, 4.69) is 4.72 Å². The molecule has 1 unspecified atom stereocenters. The van der Waals surface area contributed by atoms with Crippen LogP contribution in [-0.2, 0) is 10.0 Å². The summed E-state index contributed by atoms with van der Waals surface area (Å²) < 4.78 is 31.9. The van der Waals surface area contributed by atoms with Crippen molar-refractivity contribution in [3.05, 3.63) is 37.9 Å². The molecule has 0 saturated carbocycles. The molecule has 11 heteroatoms. The molecule has 0 fully saturated rings. The Morgan fingerprint density at radius 2 is 1.92 bits per heavy atom. The van der Waals surface area contributed by atoms with Crippen molar-refractivity contribution in [3.8, 4) is 5.75 Å². The third-order valence-corrected chi connectivity index (χ3v) is 5.05. The second kappa shape index (κ2) is 5.98. The third kappa shape index (κ3) is 3.62. The van der Waals surface area contributed by atoms with Crippen LogP contribution in [0, 0.1) is 20.2 Å². The Kier molecular flexibility index (Phi) is 4.50. The lowest BCUT2D eigenvalue weighted by Gasteiger charge is -2.37. The fourth-order valence-electron chi connectivity index (χ4n) is 2.56. The first-order valence-electron chi connectivity index (χ1n) is 7.11. The Balaban J connectivity index is 2.68. The molecule has 1 aromatic carbocycles. The summed E-state index contributed by atoms with van der Waals surface area (Å²) in [6, 6.07) is 1.07. The van der Waals surface area contributed by atoms with E-state index in [4.69, 9.17) is 4.74 Å². The average Bonchev–Trinajstić information content (AvgIpc) is 2.44. The number of ether oxygens (including phenoxy) is 1. The van der Waals surface area contributed by atoms with Gasteiger partial charge in [0.1, 0.15) is 5.60 Å². The lowest BCUT2D eigenvalue weighted by Crippen LogP contribution is -2.41. The number of nitro benzene ring substituents is 2. The summed E-state index contributed by atoms with van der Waals surface area (Å²) in [6.07, 6.45) is 0.178. The Morgan fingerprint density at radius 3 is 2.42 bits per heavy atom. The van der Waals surface area contributed by atoms with Crippen molar-refractivity contribution in [1.29, 1.82) is 0 Å². The molecule has 0 amide bonds. The number of fused-ring (bicyclic) bond motifs is 1. The van der Waals surface area contributed by atoms with Crippen LogP contribution < -0.4 is 9.46 Å². The fourth-order valence-corrected chi connectivity index (χ4v) is 3.37. The minimum absolute atomic E-state index is 0.0900. The number of sulfonamides is 1. The van der Waals surface area contributed by atoms with Crippen LogP contribution in [0.15, 0.2) is 12.1 Å². The third-order valence-electron chi connectivity index (χ3n) is 3.64. The van der Waals surface area contributed by atoms with Gasteiger partial charge in [0.25, 0.3) is 5.69 Å². The zero-order valence-electron chi connectivity index (χ0n) is 13.3. The zero-order chi connectivity index (χ0) is 18.3. The van der Waals surface area contributed by atoms with E-state index in [0.717, 1.165) is 12.1 Å². The van der Waals surface area contributed by atoms with Crippen LogP contribution in [0.5, 0.6) is 5.75 Å². The van der Waals surface area contributed by atoms with Gasteiger partial charge in [0.05, 0.1) is 27.7 Å². The number of non-ortho nitro benzene ring substituents is 1. The number of rotatable bonds is 5. The van der Waals surface area contributed by atoms with Gasteiger partial charge >= 0.3 is 5.69 Å². The molecule has 0 saturated heterocycles. The van der Waals surface area contributed by atoms with Gasteiger partial charge in [-0.2, -0.15) is 0 Å². The Morgan fingerprint density at radius 1 is 1.29 bits per heavy atom. The molecular formula is C13H17N3O7S. The van der Waals surface area contributed by atoms with Gasteiger partial charge in [-0.1, -0.05) is 0 Å². The molecule has 0 spiro atoms. The molecular weight excluding hydrogens is 342 g/mol. The fraction of sp³-hybridized carbons (Fsp3) is 0.538. The number of nitrogens with zero attached hydrogens (tertiary/aromatic N) is 2. The molecule has 0 aliphatic carbocycles. The molecule has 0 aromatic heterocycles. The van der Waals surface area contributed by atoms with E-state index in [1.807, 2.05) is 0 Å². The average molecular weight is 359 g/mol. The second-order valence-electron chi connectivity index (χ2n) is 6.04. The number of nitro groups is 2. The Bertz CT molecular complexity index is 804. The normalized spacial score (nSPS) is 19.2. The molecule has 132 valence electrons. The Hall–Kier alpha value is -2.27. The van der Waals surface area contributed by atoms with Gasteiger partial charge < -0.3 is 4.74 Å². The largest absolute Gasteiger partial charge is 0.480 e. The standard InChI is InChI=1S/C13H17N3O7S/c1-4-24(21,22)14-10-7-13(2,3)23-12-9(10)5-8(15(17)18)6-11(12)16(19)20/h5-6,10,14H,4,7H2,1-3H3. The van der Waals surface area contributed by atoms with E-state index < -0.39 is 42.9 Å². The second-order valence-corrected chi connectivity index (χ2v) is 8.08. The topological polar surface area (TPSA) is 142 Å². The van der Waals surface area contributed by atoms with Crippen LogP contribution >= 0.6 is 0 Å². The first-order chi connectivity index (χ1) is 11.0. The van der Waals surface area contributed by atoms with Crippen LogP contribution in [0.25, 0.3) is 0 Å². The van der Waals surface area contributed by atoms with Gasteiger partial charge in [0.15, 0.2) is 0 Å². The smallest absolute Gasteiger partial charge is 0.318 e. The van der Waals surface area contributed by atoms with E-state index >= 15 is 0 Å². The number of hydrogen-bond donors (Lipinski definition) is 1. The number of benzene rings is 1. The molecule has 1 N–H and O–H groups in total. The summed E-state index contributed by atoms with van der Waals surface area (Å²) in [5, 5.41) is 22.3. The van der Waals surface area contributed by atoms with E-state index in [0.29, 0.717) is 0 Å². The van der Waals surface area contributed by atoms with Crippen molar-refractivity contribution in [2.24, 2.45) is 0 Å². The molecule has 1 aromatic rings. The highest BCUT2D eigenvalue weighted by Gasteiger charge is 2.41. The number of hydrogen-bond acceptors (Lipinski definition) is 7. The molecule has 0 bridgehead atoms. The summed E-state index contributed by atoms with van der Waals surface area (Å²) in [7, 11) is -3.62. The molecule has 1 aliphatic heterocycles. The van der Waals surface area contributed by atoms with E-state index in [1.165, 1.54) is 6.92 Å². The van der Waals surface area contributed by atoms with Crippen LogP contribution in [0.2, 0.25) is 0 Å². The quantitative estimate of drug-likeness (QED) is 0.626. The van der Waals surface area contributed by atoms with Crippen molar-refractivity contribution in [2.75, 3.05) is 5.75 Å². The molecule has 24 heavy (non-hydrogen) atoms. The van der Waals surface area contributed by atoms with Crippen molar-refractivity contribution >= 4 is 21.4 Å². The summed E-state index contributed by atoms with van der Waals surface area (Å²) in [6.45, 7) is 4.77. The maximum Gasteiger partial charge on any atom is 0.318 e. The van der Waals surface area contributed by atoms with Crippen LogP contribution in [0.4, 0.5) is 11.4 Å². The van der Waals surface area contributed by atoms with Gasteiger partial charge in [-0.15, -0.1) is 0 Å². The van der Waals surface area contributed by atoms with Crippen molar-refractivity contribution in [3.63, 3.8) is 0 Å². The highest BCUT2D eigenvalue weighted by atomic mass is 32.2. The molecule has 1 atom stereocenters. The van der Waals surface area contributed by atoms with Crippen molar-refractivity contribution < 1.29 is 23.0 Å². The molecule has 0 radical (unpaired) electrons. The van der Waals surface area contributed by atoms with Crippen molar-refractivity contribution in [2.45, 2.75) is 38.8 Å². The summed E-state index contributed by atoms with van der Waals surface area (Å²) in [5.74, 6) is -0.331. The van der Waals surface area contributed by atoms with Crippen molar-refractivity contribution in [1.82, 2.24) is 4.72 Å². The van der Waals surface area contributed by atoms with Crippen LogP contribution in [0.1, 0.15) is 38.8 Å². The molecule has 1 heterocycles.